The summed E-state index contributed by atoms with van der Waals surface area (Å²) < 4.78 is 5.34. The zero-order valence-electron chi connectivity index (χ0n) is 11.0. The lowest BCUT2D eigenvalue weighted by Gasteiger charge is -2.24. The van der Waals surface area contributed by atoms with Crippen LogP contribution in [0, 0.1) is 0 Å². The Hall–Kier alpha value is -1.74. The Bertz CT molecular complexity index is 563. The van der Waals surface area contributed by atoms with Gasteiger partial charge in [0, 0.05) is 6.04 Å². The third kappa shape index (κ3) is 2.88. The Morgan fingerprint density at radius 1 is 1.25 bits per heavy atom. The van der Waals surface area contributed by atoms with Crippen molar-refractivity contribution in [3.63, 3.8) is 0 Å². The minimum atomic E-state index is -0.633. The average molecular weight is 290 g/mol. The summed E-state index contributed by atoms with van der Waals surface area (Å²) in [7, 11) is 0. The second kappa shape index (κ2) is 5.71. The van der Waals surface area contributed by atoms with Crippen molar-refractivity contribution in [1.82, 2.24) is 4.90 Å². The molecule has 2 aromatic rings. The molecule has 1 aromatic carbocycles. The summed E-state index contributed by atoms with van der Waals surface area (Å²) in [5.41, 5.74) is 0.837. The molecule has 0 aliphatic heterocycles. The number of amides is 1. The molecule has 104 valence electrons. The third-order valence-corrected chi connectivity index (χ3v) is 3.92. The molecule has 1 atom stereocenters. The maximum Gasteiger partial charge on any atom is 0.245 e. The predicted molar refractivity (Wildman–Crippen MR) is 77.3 cm³/mol. The van der Waals surface area contributed by atoms with Gasteiger partial charge in [0.2, 0.25) is 5.91 Å². The number of furan rings is 1. The minimum Gasteiger partial charge on any atom is -0.467 e. The van der Waals surface area contributed by atoms with E-state index in [1.807, 2.05) is 47.4 Å². The third-order valence-electron chi connectivity index (χ3n) is 3.49. The van der Waals surface area contributed by atoms with Gasteiger partial charge in [0.05, 0.1) is 12.8 Å². The summed E-state index contributed by atoms with van der Waals surface area (Å²) in [6.07, 6.45) is 3.72. The lowest BCUT2D eigenvalue weighted by atomic mass is 10.1. The Kier molecular flexibility index (Phi) is 3.79. The van der Waals surface area contributed by atoms with Crippen molar-refractivity contribution in [2.24, 2.45) is 0 Å². The number of halogens is 1. The zero-order valence-corrected chi connectivity index (χ0v) is 11.8. The second-order valence-corrected chi connectivity index (χ2v) is 5.49. The van der Waals surface area contributed by atoms with Gasteiger partial charge >= 0.3 is 0 Å². The molecule has 1 aromatic heterocycles. The SMILES string of the molecule is O=C(C(Cl)c1ccccc1)N(Cc1ccco1)C1CC1. The molecule has 1 fully saturated rings. The molecule has 20 heavy (non-hydrogen) atoms. The van der Waals surface area contributed by atoms with Crippen molar-refractivity contribution in [2.45, 2.75) is 30.8 Å². The quantitative estimate of drug-likeness (QED) is 0.786. The van der Waals surface area contributed by atoms with Crippen molar-refractivity contribution < 1.29 is 9.21 Å². The molecule has 4 heteroatoms. The van der Waals surface area contributed by atoms with Crippen LogP contribution >= 0.6 is 11.6 Å². The Morgan fingerprint density at radius 3 is 2.60 bits per heavy atom. The molecule has 0 saturated heterocycles. The number of carbonyl (C=O) groups is 1. The van der Waals surface area contributed by atoms with Gasteiger partial charge in [-0.05, 0) is 30.5 Å². The number of alkyl halides is 1. The van der Waals surface area contributed by atoms with Crippen LogP contribution in [0.2, 0.25) is 0 Å². The van der Waals surface area contributed by atoms with E-state index < -0.39 is 5.38 Å². The summed E-state index contributed by atoms with van der Waals surface area (Å²) >= 11 is 6.34. The fourth-order valence-electron chi connectivity index (χ4n) is 2.25. The molecular weight excluding hydrogens is 274 g/mol. The first-order valence-electron chi connectivity index (χ1n) is 6.77. The van der Waals surface area contributed by atoms with E-state index in [-0.39, 0.29) is 5.91 Å². The normalized spacial score (nSPS) is 15.8. The van der Waals surface area contributed by atoms with E-state index in [2.05, 4.69) is 0 Å². The van der Waals surface area contributed by atoms with Gasteiger partial charge < -0.3 is 9.32 Å². The molecule has 0 radical (unpaired) electrons. The second-order valence-electron chi connectivity index (χ2n) is 5.05. The highest BCUT2D eigenvalue weighted by Crippen LogP contribution is 2.33. The van der Waals surface area contributed by atoms with Gasteiger partial charge in [-0.15, -0.1) is 11.6 Å². The monoisotopic (exact) mass is 289 g/mol. The van der Waals surface area contributed by atoms with E-state index in [1.165, 1.54) is 0 Å². The maximum atomic E-state index is 12.6. The number of hydrogen-bond donors (Lipinski definition) is 0. The van der Waals surface area contributed by atoms with Crippen molar-refractivity contribution >= 4 is 17.5 Å². The number of carbonyl (C=O) groups excluding carboxylic acids is 1. The van der Waals surface area contributed by atoms with Crippen molar-refractivity contribution in [3.8, 4) is 0 Å². The summed E-state index contributed by atoms with van der Waals surface area (Å²) in [6, 6.07) is 13.5. The van der Waals surface area contributed by atoms with Crippen LogP contribution in [0.1, 0.15) is 29.5 Å². The van der Waals surface area contributed by atoms with Gasteiger partial charge in [0.25, 0.3) is 0 Å². The molecule has 0 N–H and O–H groups in total. The maximum absolute atomic E-state index is 12.6. The largest absolute Gasteiger partial charge is 0.467 e. The van der Waals surface area contributed by atoms with E-state index in [9.17, 15) is 4.79 Å². The first-order chi connectivity index (χ1) is 9.75. The van der Waals surface area contributed by atoms with Gasteiger partial charge in [-0.1, -0.05) is 30.3 Å². The summed E-state index contributed by atoms with van der Waals surface area (Å²) in [5.74, 6) is 0.749. The molecular formula is C16H16ClNO2. The van der Waals surface area contributed by atoms with Gasteiger partial charge in [0.1, 0.15) is 11.1 Å². The minimum absolute atomic E-state index is 0.0447. The van der Waals surface area contributed by atoms with E-state index in [0.717, 1.165) is 24.2 Å². The molecule has 1 saturated carbocycles. The smallest absolute Gasteiger partial charge is 0.245 e. The van der Waals surface area contributed by atoms with Gasteiger partial charge in [-0.3, -0.25) is 4.79 Å². The van der Waals surface area contributed by atoms with E-state index in [1.54, 1.807) is 6.26 Å². The number of rotatable bonds is 5. The zero-order chi connectivity index (χ0) is 13.9. The standard InChI is InChI=1S/C16H16ClNO2/c17-15(12-5-2-1-3-6-12)16(19)18(13-8-9-13)11-14-7-4-10-20-14/h1-7,10,13,15H,8-9,11H2. The highest BCUT2D eigenvalue weighted by Gasteiger charge is 2.36. The Morgan fingerprint density at radius 2 is 2.00 bits per heavy atom. The molecule has 3 rings (SSSR count). The van der Waals surface area contributed by atoms with Gasteiger partial charge in [-0.25, -0.2) is 0 Å². The molecule has 0 bridgehead atoms. The van der Waals surface area contributed by atoms with Crippen molar-refractivity contribution in [2.75, 3.05) is 0 Å². The Balaban J connectivity index is 1.75. The van der Waals surface area contributed by atoms with Crippen LogP contribution in [0.3, 0.4) is 0 Å². The van der Waals surface area contributed by atoms with Crippen LogP contribution in [0.5, 0.6) is 0 Å². The molecule has 1 heterocycles. The number of nitrogens with zero attached hydrogens (tertiary/aromatic N) is 1. The lowest BCUT2D eigenvalue weighted by molar-refractivity contribution is -0.132. The first-order valence-corrected chi connectivity index (χ1v) is 7.21. The van der Waals surface area contributed by atoms with Crippen LogP contribution < -0.4 is 0 Å². The molecule has 1 aliphatic rings. The molecule has 1 amide bonds. The average Bonchev–Trinajstić information content (AvgIpc) is 3.21. The van der Waals surface area contributed by atoms with Crippen LogP contribution in [0.4, 0.5) is 0 Å². The van der Waals surface area contributed by atoms with Crippen LogP contribution in [0.25, 0.3) is 0 Å². The fourth-order valence-corrected chi connectivity index (χ4v) is 2.52. The van der Waals surface area contributed by atoms with Crippen LogP contribution in [-0.4, -0.2) is 16.8 Å². The Labute approximate surface area is 123 Å². The molecule has 3 nitrogen and oxygen atoms in total. The van der Waals surface area contributed by atoms with Gasteiger partial charge in [0.15, 0.2) is 0 Å². The first kappa shape index (κ1) is 13.3. The summed E-state index contributed by atoms with van der Waals surface area (Å²) in [4.78, 5) is 14.4. The number of benzene rings is 1. The molecule has 0 spiro atoms. The highest BCUT2D eigenvalue weighted by molar-refractivity contribution is 6.30. The van der Waals surface area contributed by atoms with E-state index >= 15 is 0 Å². The summed E-state index contributed by atoms with van der Waals surface area (Å²) in [6.45, 7) is 0.493. The topological polar surface area (TPSA) is 33.5 Å². The van der Waals surface area contributed by atoms with E-state index in [0.29, 0.717) is 12.6 Å². The van der Waals surface area contributed by atoms with Crippen molar-refractivity contribution in [1.29, 1.82) is 0 Å². The van der Waals surface area contributed by atoms with Gasteiger partial charge in [-0.2, -0.15) is 0 Å². The van der Waals surface area contributed by atoms with Crippen LogP contribution in [-0.2, 0) is 11.3 Å². The summed E-state index contributed by atoms with van der Waals surface area (Å²) in [5, 5.41) is -0.633. The van der Waals surface area contributed by atoms with E-state index in [4.69, 9.17) is 16.0 Å². The number of hydrogen-bond acceptors (Lipinski definition) is 2. The van der Waals surface area contributed by atoms with Crippen molar-refractivity contribution in [3.05, 3.63) is 60.1 Å². The molecule has 1 unspecified atom stereocenters. The van der Waals surface area contributed by atoms with Crippen LogP contribution in [0.15, 0.2) is 53.1 Å². The molecule has 1 aliphatic carbocycles. The lowest BCUT2D eigenvalue weighted by Crippen LogP contribution is -2.34. The highest BCUT2D eigenvalue weighted by atomic mass is 35.5. The fraction of sp³-hybridized carbons (Fsp3) is 0.312. The predicted octanol–water partition coefficient (Wildman–Crippen LogP) is 3.75.